The summed E-state index contributed by atoms with van der Waals surface area (Å²) in [5.74, 6) is 1.09. The number of nitrogens with zero attached hydrogens (tertiary/aromatic N) is 1. The molecule has 86 valence electrons. The average molecular weight is 208 g/mol. The molecule has 3 rings (SSSR count). The number of hydrogen-bond donors (Lipinski definition) is 1. The van der Waals surface area contributed by atoms with Crippen LogP contribution in [-0.2, 0) is 0 Å². The quantitative estimate of drug-likeness (QED) is 0.760. The Morgan fingerprint density at radius 2 is 2.00 bits per heavy atom. The zero-order chi connectivity index (χ0) is 10.1. The molecule has 2 saturated heterocycles. The Bertz CT molecular complexity index is 213. The van der Waals surface area contributed by atoms with E-state index in [0.29, 0.717) is 0 Å². The average Bonchev–Trinajstić information content (AvgIpc) is 2.95. The second kappa shape index (κ2) is 4.42. The van der Waals surface area contributed by atoms with Crippen LogP contribution in [0.5, 0.6) is 0 Å². The summed E-state index contributed by atoms with van der Waals surface area (Å²) in [7, 11) is 0. The van der Waals surface area contributed by atoms with Crippen molar-refractivity contribution in [3.8, 4) is 0 Å². The molecule has 0 aromatic carbocycles. The van der Waals surface area contributed by atoms with Gasteiger partial charge in [-0.25, -0.2) is 0 Å². The van der Waals surface area contributed by atoms with E-state index in [9.17, 15) is 0 Å². The highest BCUT2D eigenvalue weighted by molar-refractivity contribution is 4.89. The van der Waals surface area contributed by atoms with Gasteiger partial charge >= 0.3 is 0 Å². The first kappa shape index (κ1) is 10.1. The summed E-state index contributed by atoms with van der Waals surface area (Å²) >= 11 is 0. The number of nitrogens with one attached hydrogen (secondary N) is 1. The van der Waals surface area contributed by atoms with E-state index in [-0.39, 0.29) is 0 Å². The molecular weight excluding hydrogens is 184 g/mol. The minimum absolute atomic E-state index is 0.836. The largest absolute Gasteiger partial charge is 0.314 e. The van der Waals surface area contributed by atoms with Gasteiger partial charge in [0.05, 0.1) is 0 Å². The maximum Gasteiger partial charge on any atom is 0.0111 e. The molecule has 2 nitrogen and oxygen atoms in total. The fraction of sp³-hybridized carbons (Fsp3) is 1.00. The molecule has 0 aromatic rings. The Balaban J connectivity index is 1.38. The third-order valence-corrected chi connectivity index (χ3v) is 4.50. The van der Waals surface area contributed by atoms with Gasteiger partial charge in [-0.3, -0.25) is 0 Å². The number of fused-ring (bicyclic) bond motifs is 1. The van der Waals surface area contributed by atoms with Gasteiger partial charge in [0.1, 0.15) is 0 Å². The topological polar surface area (TPSA) is 15.3 Å². The van der Waals surface area contributed by atoms with Crippen molar-refractivity contribution in [3.63, 3.8) is 0 Å². The molecule has 0 amide bonds. The van der Waals surface area contributed by atoms with Gasteiger partial charge < -0.3 is 10.2 Å². The first-order valence-electron chi connectivity index (χ1n) is 6.89. The summed E-state index contributed by atoms with van der Waals surface area (Å²) in [5.41, 5.74) is 0. The van der Waals surface area contributed by atoms with Gasteiger partial charge in [-0.1, -0.05) is 12.8 Å². The van der Waals surface area contributed by atoms with Crippen molar-refractivity contribution >= 4 is 0 Å². The van der Waals surface area contributed by atoms with Crippen LogP contribution in [0.15, 0.2) is 0 Å². The van der Waals surface area contributed by atoms with Crippen molar-refractivity contribution < 1.29 is 0 Å². The van der Waals surface area contributed by atoms with E-state index in [0.717, 1.165) is 18.0 Å². The van der Waals surface area contributed by atoms with Gasteiger partial charge in [0.15, 0.2) is 0 Å². The van der Waals surface area contributed by atoms with Crippen molar-refractivity contribution in [1.82, 2.24) is 10.2 Å². The highest BCUT2D eigenvalue weighted by Gasteiger charge is 2.31. The fourth-order valence-electron chi connectivity index (χ4n) is 3.31. The van der Waals surface area contributed by atoms with Crippen LogP contribution < -0.4 is 5.32 Å². The smallest absolute Gasteiger partial charge is 0.0111 e. The van der Waals surface area contributed by atoms with E-state index in [2.05, 4.69) is 10.2 Å². The lowest BCUT2D eigenvalue weighted by molar-refractivity contribution is 0.167. The van der Waals surface area contributed by atoms with Crippen LogP contribution in [0.3, 0.4) is 0 Å². The van der Waals surface area contributed by atoms with Gasteiger partial charge in [-0.15, -0.1) is 0 Å². The maximum atomic E-state index is 3.78. The summed E-state index contributed by atoms with van der Waals surface area (Å²) in [4.78, 5) is 2.71. The number of hydrogen-bond acceptors (Lipinski definition) is 2. The minimum Gasteiger partial charge on any atom is -0.314 e. The zero-order valence-electron chi connectivity index (χ0n) is 9.75. The summed E-state index contributed by atoms with van der Waals surface area (Å²) in [6.07, 6.45) is 10.2. The van der Waals surface area contributed by atoms with Crippen LogP contribution in [-0.4, -0.2) is 36.6 Å². The summed E-state index contributed by atoms with van der Waals surface area (Å²) in [6.45, 7) is 4.01. The van der Waals surface area contributed by atoms with E-state index < -0.39 is 0 Å². The molecule has 0 radical (unpaired) electrons. The molecule has 2 aliphatic heterocycles. The lowest BCUT2D eigenvalue weighted by Gasteiger charge is -2.35. The molecule has 15 heavy (non-hydrogen) atoms. The van der Waals surface area contributed by atoms with Crippen LogP contribution >= 0.6 is 0 Å². The minimum atomic E-state index is 0.836. The highest BCUT2D eigenvalue weighted by Crippen LogP contribution is 2.32. The van der Waals surface area contributed by atoms with Crippen LogP contribution in [0.25, 0.3) is 0 Å². The van der Waals surface area contributed by atoms with Crippen LogP contribution in [0.4, 0.5) is 0 Å². The van der Waals surface area contributed by atoms with Gasteiger partial charge in [-0.2, -0.15) is 0 Å². The van der Waals surface area contributed by atoms with E-state index >= 15 is 0 Å². The zero-order valence-corrected chi connectivity index (χ0v) is 9.75. The van der Waals surface area contributed by atoms with Gasteiger partial charge in [0.2, 0.25) is 0 Å². The van der Waals surface area contributed by atoms with Gasteiger partial charge in [0, 0.05) is 12.1 Å². The summed E-state index contributed by atoms with van der Waals surface area (Å²) in [5, 5.41) is 3.78. The molecule has 2 unspecified atom stereocenters. The Labute approximate surface area is 93.4 Å². The third kappa shape index (κ3) is 2.54. The lowest BCUT2D eigenvalue weighted by Crippen LogP contribution is -2.45. The number of rotatable bonds is 4. The predicted molar refractivity (Wildman–Crippen MR) is 63.0 cm³/mol. The standard InChI is InChI=1S/C13H24N2/c1-2-13-10-12(6-9-15(13)8-1)14-7-5-11-3-4-11/h11-14H,1-10H2. The molecular formula is C13H24N2. The third-order valence-electron chi connectivity index (χ3n) is 4.50. The molecule has 3 aliphatic rings. The SMILES string of the molecule is C1CC2CC(NCCC3CC3)CCN2C1. The second-order valence-electron chi connectivity index (χ2n) is 5.74. The van der Waals surface area contributed by atoms with E-state index in [1.165, 1.54) is 64.6 Å². The lowest BCUT2D eigenvalue weighted by atomic mass is 9.97. The predicted octanol–water partition coefficient (Wildman–Crippen LogP) is 2.00. The Morgan fingerprint density at radius 3 is 2.87 bits per heavy atom. The van der Waals surface area contributed by atoms with Crippen molar-refractivity contribution in [2.45, 2.75) is 57.0 Å². The monoisotopic (exact) mass is 208 g/mol. The Hall–Kier alpha value is -0.0800. The normalized spacial score (nSPS) is 36.8. The number of piperidine rings is 1. The van der Waals surface area contributed by atoms with Gasteiger partial charge in [0.25, 0.3) is 0 Å². The van der Waals surface area contributed by atoms with Crippen molar-refractivity contribution in [3.05, 3.63) is 0 Å². The van der Waals surface area contributed by atoms with Crippen LogP contribution in [0.2, 0.25) is 0 Å². The maximum absolute atomic E-state index is 3.78. The van der Waals surface area contributed by atoms with E-state index in [4.69, 9.17) is 0 Å². The molecule has 0 bridgehead atoms. The van der Waals surface area contributed by atoms with E-state index in [1.807, 2.05) is 0 Å². The molecule has 1 N–H and O–H groups in total. The molecule has 0 spiro atoms. The molecule has 2 heterocycles. The first-order valence-corrected chi connectivity index (χ1v) is 6.89. The van der Waals surface area contributed by atoms with Crippen molar-refractivity contribution in [2.24, 2.45) is 5.92 Å². The Kier molecular flexibility index (Phi) is 2.98. The fourth-order valence-corrected chi connectivity index (χ4v) is 3.31. The highest BCUT2D eigenvalue weighted by atomic mass is 15.2. The van der Waals surface area contributed by atoms with Crippen LogP contribution in [0.1, 0.15) is 44.9 Å². The first-order chi connectivity index (χ1) is 7.42. The molecule has 1 aliphatic carbocycles. The summed E-state index contributed by atoms with van der Waals surface area (Å²) < 4.78 is 0. The van der Waals surface area contributed by atoms with Crippen molar-refractivity contribution in [2.75, 3.05) is 19.6 Å². The molecule has 2 atom stereocenters. The van der Waals surface area contributed by atoms with Crippen molar-refractivity contribution in [1.29, 1.82) is 0 Å². The summed E-state index contributed by atoms with van der Waals surface area (Å²) in [6, 6.07) is 1.76. The molecule has 0 aromatic heterocycles. The molecule has 3 fully saturated rings. The van der Waals surface area contributed by atoms with E-state index in [1.54, 1.807) is 0 Å². The van der Waals surface area contributed by atoms with Gasteiger partial charge in [-0.05, 0) is 57.7 Å². The Morgan fingerprint density at radius 1 is 1.07 bits per heavy atom. The molecule has 1 saturated carbocycles. The molecule has 2 heteroatoms. The second-order valence-corrected chi connectivity index (χ2v) is 5.74. The van der Waals surface area contributed by atoms with Crippen LogP contribution in [0, 0.1) is 5.92 Å².